The predicted octanol–water partition coefficient (Wildman–Crippen LogP) is 3.99. The molecule has 5 rings (SSSR count). The quantitative estimate of drug-likeness (QED) is 0.234. The van der Waals surface area contributed by atoms with Crippen LogP contribution in [0.25, 0.3) is 15.2 Å². The number of thiol groups is 1. The van der Waals surface area contributed by atoms with E-state index in [2.05, 4.69) is 20.0 Å². The highest BCUT2D eigenvalue weighted by atomic mass is 127. The molecular weight excluding hydrogens is 651 g/mol. The lowest BCUT2D eigenvalue weighted by atomic mass is 10.0. The molecule has 1 saturated heterocycles. The Morgan fingerprint density at radius 1 is 1.13 bits per heavy atom. The molecule has 4 heterocycles. The van der Waals surface area contributed by atoms with Gasteiger partial charge in [-0.25, -0.2) is 9.36 Å². The molecule has 4 aromatic rings. The summed E-state index contributed by atoms with van der Waals surface area (Å²) < 4.78 is 8.24. The minimum Gasteiger partial charge on any atom is -0.496 e. The van der Waals surface area contributed by atoms with Gasteiger partial charge in [0, 0.05) is 25.2 Å². The van der Waals surface area contributed by atoms with E-state index in [1.807, 2.05) is 52.4 Å². The number of halogens is 1. The highest BCUT2D eigenvalue weighted by molar-refractivity contribution is 14.2. The van der Waals surface area contributed by atoms with Crippen LogP contribution >= 0.6 is 42.3 Å². The van der Waals surface area contributed by atoms with E-state index >= 15 is 0 Å². The molecule has 1 aromatic carbocycles. The van der Waals surface area contributed by atoms with Crippen LogP contribution in [-0.2, 0) is 23.3 Å². The molecule has 0 saturated carbocycles. The Hall–Kier alpha value is -2.65. The molecule has 0 bridgehead atoms. The number of amides is 1. The molecular formula is C26H31IN6O4S2. The summed E-state index contributed by atoms with van der Waals surface area (Å²) in [5.41, 5.74) is -0.718. The van der Waals surface area contributed by atoms with Crippen molar-refractivity contribution in [3.05, 3.63) is 68.6 Å². The van der Waals surface area contributed by atoms with Gasteiger partial charge in [0.25, 0.3) is 5.56 Å². The highest BCUT2D eigenvalue weighted by Gasteiger charge is 2.39. The van der Waals surface area contributed by atoms with Crippen molar-refractivity contribution in [1.82, 2.24) is 29.0 Å². The number of ether oxygens (including phenoxy) is 1. The lowest BCUT2D eigenvalue weighted by Gasteiger charge is -2.31. The number of carbonyl (C=O) groups is 1. The third kappa shape index (κ3) is 5.40. The molecule has 1 fully saturated rings. The van der Waals surface area contributed by atoms with Crippen molar-refractivity contribution in [3.63, 3.8) is 0 Å². The van der Waals surface area contributed by atoms with Gasteiger partial charge in [0.2, 0.25) is 5.91 Å². The van der Waals surface area contributed by atoms with E-state index in [1.54, 1.807) is 42.8 Å². The Labute approximate surface area is 247 Å². The first-order chi connectivity index (χ1) is 18.8. The van der Waals surface area contributed by atoms with Crippen molar-refractivity contribution in [2.45, 2.75) is 52.1 Å². The molecule has 0 unspecified atom stereocenters. The van der Waals surface area contributed by atoms with Crippen molar-refractivity contribution >= 4 is 58.5 Å². The van der Waals surface area contributed by atoms with E-state index in [4.69, 9.17) is 4.74 Å². The van der Waals surface area contributed by atoms with Crippen LogP contribution in [0, 0.1) is 6.92 Å². The van der Waals surface area contributed by atoms with Crippen LogP contribution in [0.15, 0.2) is 46.2 Å². The molecule has 13 heteroatoms. The van der Waals surface area contributed by atoms with Gasteiger partial charge in [0.15, 0.2) is 0 Å². The second-order valence-corrected chi connectivity index (χ2v) is 10.7. The van der Waals surface area contributed by atoms with Crippen LogP contribution in [0.1, 0.15) is 37.8 Å². The van der Waals surface area contributed by atoms with E-state index in [1.165, 1.54) is 16.1 Å². The maximum Gasteiger partial charge on any atom is 0.333 e. The summed E-state index contributed by atoms with van der Waals surface area (Å²) >= 11 is 3.14. The molecule has 0 N–H and O–H groups in total. The zero-order valence-electron chi connectivity index (χ0n) is 22.3. The summed E-state index contributed by atoms with van der Waals surface area (Å²) in [5, 5.41) is 9.53. The first-order valence-electron chi connectivity index (χ1n) is 12.5. The molecule has 0 aliphatic carbocycles. The Morgan fingerprint density at radius 2 is 1.77 bits per heavy atom. The number of aryl methyl sites for hydroxylation is 3. The van der Waals surface area contributed by atoms with Crippen LogP contribution in [0.5, 0.6) is 5.75 Å². The molecule has 3 aromatic heterocycles. The Morgan fingerprint density at radius 3 is 2.41 bits per heavy atom. The third-order valence-corrected chi connectivity index (χ3v) is 8.34. The predicted molar refractivity (Wildman–Crippen MR) is 165 cm³/mol. The number of para-hydroxylation sites is 1. The summed E-state index contributed by atoms with van der Waals surface area (Å²) in [4.78, 5) is 45.3. The fourth-order valence-electron chi connectivity index (χ4n) is 5.08. The first-order valence-corrected chi connectivity index (χ1v) is 16.5. The number of aromatic nitrogens is 5. The summed E-state index contributed by atoms with van der Waals surface area (Å²) in [7, 11) is 5.11. The van der Waals surface area contributed by atoms with E-state index in [0.29, 0.717) is 46.8 Å². The summed E-state index contributed by atoms with van der Waals surface area (Å²) in [6.45, 7) is 6.71. The van der Waals surface area contributed by atoms with Gasteiger partial charge in [-0.15, -0.1) is 14.6 Å². The smallest absolute Gasteiger partial charge is 0.333 e. The van der Waals surface area contributed by atoms with E-state index < -0.39 is 16.8 Å². The van der Waals surface area contributed by atoms with Crippen LogP contribution in [0.3, 0.4) is 0 Å². The number of nitrogens with zero attached hydrogens (tertiary/aromatic N) is 6. The summed E-state index contributed by atoms with van der Waals surface area (Å²) in [6.07, 6.45) is 5.47. The SMILES string of the molecule is COc1ccccc1CCn1c(=O)n(C(C)(C)C(=O)N2CCCC2)c(=O)c2c(C)c(-n3nccn3)sc21.SI. The standard InChI is InChI=1S/C26H30N6O4S.HIS/c1-17-20-21(33)31(26(2,3)24(34)29-14-7-8-15-29)25(35)30(16-11-18-9-5-6-10-19(18)36-4)23(20)37-22(17)32-27-12-13-28-32;1-2/h5-6,9-10,12-13H,7-8,11,14-16H2,1-4H3;2H. The molecule has 208 valence electrons. The van der Waals surface area contributed by atoms with Crippen molar-refractivity contribution in [2.24, 2.45) is 0 Å². The van der Waals surface area contributed by atoms with Crippen molar-refractivity contribution in [1.29, 1.82) is 0 Å². The molecule has 39 heavy (non-hydrogen) atoms. The maximum absolute atomic E-state index is 14.0. The fraction of sp³-hybridized carbons (Fsp3) is 0.423. The number of fused-ring (bicyclic) bond motifs is 1. The van der Waals surface area contributed by atoms with Crippen LogP contribution in [-0.4, -0.2) is 55.1 Å². The Balaban J connectivity index is 0.00000172. The Kier molecular flexibility index (Phi) is 9.21. The van der Waals surface area contributed by atoms with Crippen LogP contribution in [0.4, 0.5) is 0 Å². The van der Waals surface area contributed by atoms with Crippen LogP contribution in [0.2, 0.25) is 0 Å². The minimum absolute atomic E-state index is 0.221. The third-order valence-electron chi connectivity index (χ3n) is 7.06. The van der Waals surface area contributed by atoms with E-state index in [-0.39, 0.29) is 5.91 Å². The lowest BCUT2D eigenvalue weighted by Crippen LogP contribution is -2.56. The van der Waals surface area contributed by atoms with Gasteiger partial charge in [-0.2, -0.15) is 10.2 Å². The van der Waals surface area contributed by atoms with Crippen molar-refractivity contribution < 1.29 is 9.53 Å². The highest BCUT2D eigenvalue weighted by Crippen LogP contribution is 2.31. The molecule has 1 aliphatic rings. The molecule has 1 amide bonds. The minimum atomic E-state index is -1.35. The number of thiophene rings is 1. The van der Waals surface area contributed by atoms with Crippen LogP contribution < -0.4 is 16.0 Å². The maximum atomic E-state index is 14.0. The van der Waals surface area contributed by atoms with Crippen molar-refractivity contribution in [3.8, 4) is 10.8 Å². The summed E-state index contributed by atoms with van der Waals surface area (Å²) in [6, 6.07) is 7.65. The number of likely N-dealkylation sites (tertiary alicyclic amines) is 1. The first kappa shape index (κ1) is 29.3. The van der Waals surface area contributed by atoms with Gasteiger partial charge in [-0.05, 0) is 72.9 Å². The number of benzene rings is 1. The molecule has 10 nitrogen and oxygen atoms in total. The van der Waals surface area contributed by atoms with Gasteiger partial charge in [-0.3, -0.25) is 14.2 Å². The van der Waals surface area contributed by atoms with Crippen molar-refractivity contribution in [2.75, 3.05) is 20.2 Å². The van der Waals surface area contributed by atoms with E-state index in [9.17, 15) is 14.4 Å². The second-order valence-electron chi connectivity index (χ2n) is 9.73. The topological polar surface area (TPSA) is 104 Å². The van der Waals surface area contributed by atoms with Gasteiger partial charge in [0.05, 0.1) is 24.9 Å². The normalized spacial score (nSPS) is 13.4. The Bertz CT molecular complexity index is 1590. The lowest BCUT2D eigenvalue weighted by molar-refractivity contribution is -0.138. The molecule has 0 spiro atoms. The molecule has 0 radical (unpaired) electrons. The number of hydrogen-bond donors (Lipinski definition) is 1. The number of rotatable bonds is 7. The van der Waals surface area contributed by atoms with Gasteiger partial charge in [-0.1, -0.05) is 29.5 Å². The molecule has 1 aliphatic heterocycles. The zero-order chi connectivity index (χ0) is 28.3. The van der Waals surface area contributed by atoms with E-state index in [0.717, 1.165) is 28.7 Å². The second kappa shape index (κ2) is 12.3. The number of hydrogen-bond acceptors (Lipinski definition) is 8. The average Bonchev–Trinajstić information content (AvgIpc) is 3.71. The van der Waals surface area contributed by atoms with Gasteiger partial charge in [0.1, 0.15) is 21.1 Å². The fourth-order valence-corrected chi connectivity index (χ4v) is 6.32. The number of methoxy groups -OCH3 is 1. The monoisotopic (exact) mass is 682 g/mol. The number of carbonyl (C=O) groups excluding carboxylic acids is 1. The van der Waals surface area contributed by atoms with Gasteiger partial charge >= 0.3 is 5.69 Å². The average molecular weight is 683 g/mol. The molecule has 0 atom stereocenters. The summed E-state index contributed by atoms with van der Waals surface area (Å²) in [5.74, 6) is 0.509. The zero-order valence-corrected chi connectivity index (χ0v) is 26.1. The largest absolute Gasteiger partial charge is 0.496 e. The van der Waals surface area contributed by atoms with Gasteiger partial charge < -0.3 is 9.64 Å².